The van der Waals surface area contributed by atoms with Crippen molar-refractivity contribution >= 4 is 57.4 Å². The van der Waals surface area contributed by atoms with Crippen LogP contribution in [-0.4, -0.2) is 39.3 Å². The van der Waals surface area contributed by atoms with Crippen molar-refractivity contribution in [2.75, 3.05) is 0 Å². The molecule has 7 nitrogen and oxygen atoms in total. The summed E-state index contributed by atoms with van der Waals surface area (Å²) in [7, 11) is 0. The lowest BCUT2D eigenvalue weighted by Gasteiger charge is -2.27. The Bertz CT molecular complexity index is 1290. The Morgan fingerprint density at radius 3 is 1.74 bits per heavy atom. The number of oxime groups is 2. The van der Waals surface area contributed by atoms with Gasteiger partial charge in [-0.3, -0.25) is 9.59 Å². The number of nitrogens with zero attached hydrogens (tertiary/aromatic N) is 2. The first kappa shape index (κ1) is 29.8. The van der Waals surface area contributed by atoms with Gasteiger partial charge in [0.25, 0.3) is 11.1 Å². The Morgan fingerprint density at radius 2 is 1.29 bits per heavy atom. The summed E-state index contributed by atoms with van der Waals surface area (Å²) in [6.07, 6.45) is 0.448. The highest BCUT2D eigenvalue weighted by molar-refractivity contribution is 6.65. The summed E-state index contributed by atoms with van der Waals surface area (Å²) < 4.78 is 26.0. The van der Waals surface area contributed by atoms with Crippen LogP contribution in [0.2, 0.25) is 10.0 Å². The molecule has 2 unspecified atom stereocenters. The van der Waals surface area contributed by atoms with E-state index in [-0.39, 0.29) is 23.4 Å². The van der Waals surface area contributed by atoms with Gasteiger partial charge < -0.3 is 15.0 Å². The lowest BCUT2D eigenvalue weighted by atomic mass is 9.94. The molecule has 0 aromatic heterocycles. The second kappa shape index (κ2) is 11.2. The van der Waals surface area contributed by atoms with E-state index in [9.17, 15) is 18.4 Å². The predicted molar refractivity (Wildman–Crippen MR) is 143 cm³/mol. The van der Waals surface area contributed by atoms with E-state index >= 15 is 0 Å². The Balaban J connectivity index is 0.000000215. The van der Waals surface area contributed by atoms with E-state index < -0.39 is 28.1 Å². The SMILES string of the molecule is CC(C)(C)NC(=O)C1(C)CC(c2cc(Cl)cc(Cl)c2)=NO1.CC1(C(=O)Cl)CC(c2cc(F)cc(F)c2)=NO1. The molecule has 204 valence electrons. The summed E-state index contributed by atoms with van der Waals surface area (Å²) in [4.78, 5) is 33.7. The van der Waals surface area contributed by atoms with Crippen LogP contribution in [0.25, 0.3) is 0 Å². The fourth-order valence-corrected chi connectivity index (χ4v) is 4.16. The largest absolute Gasteiger partial charge is 0.379 e. The molecule has 2 aromatic rings. The minimum absolute atomic E-state index is 0.0816. The number of hydrogen-bond donors (Lipinski definition) is 1. The van der Waals surface area contributed by atoms with Crippen LogP contribution in [0.1, 0.15) is 58.6 Å². The van der Waals surface area contributed by atoms with Crippen LogP contribution in [0.3, 0.4) is 0 Å². The fourth-order valence-electron chi connectivity index (χ4n) is 3.53. The van der Waals surface area contributed by atoms with E-state index in [4.69, 9.17) is 44.5 Å². The molecule has 0 bridgehead atoms. The van der Waals surface area contributed by atoms with E-state index in [0.29, 0.717) is 27.9 Å². The zero-order valence-electron chi connectivity index (χ0n) is 21.3. The van der Waals surface area contributed by atoms with E-state index in [1.807, 2.05) is 20.8 Å². The molecule has 0 aliphatic carbocycles. The summed E-state index contributed by atoms with van der Waals surface area (Å²) in [5, 5.41) is 10.9. The van der Waals surface area contributed by atoms with Crippen LogP contribution in [0.4, 0.5) is 8.78 Å². The van der Waals surface area contributed by atoms with Crippen molar-refractivity contribution in [2.45, 2.75) is 64.2 Å². The van der Waals surface area contributed by atoms with Gasteiger partial charge >= 0.3 is 0 Å². The molecule has 12 heteroatoms. The number of halogens is 5. The van der Waals surface area contributed by atoms with Crippen molar-refractivity contribution in [1.29, 1.82) is 0 Å². The van der Waals surface area contributed by atoms with Gasteiger partial charge in [-0.05, 0) is 76.6 Å². The van der Waals surface area contributed by atoms with Gasteiger partial charge in [-0.1, -0.05) is 33.5 Å². The molecule has 2 aromatic carbocycles. The van der Waals surface area contributed by atoms with Gasteiger partial charge in [0.15, 0.2) is 0 Å². The van der Waals surface area contributed by atoms with Crippen LogP contribution in [0.15, 0.2) is 46.7 Å². The van der Waals surface area contributed by atoms with Crippen molar-refractivity contribution in [3.8, 4) is 0 Å². The minimum Gasteiger partial charge on any atom is -0.379 e. The third-order valence-corrected chi connectivity index (χ3v) is 6.34. The molecule has 2 heterocycles. The number of hydrogen-bond acceptors (Lipinski definition) is 6. The predicted octanol–water partition coefficient (Wildman–Crippen LogP) is 6.40. The van der Waals surface area contributed by atoms with Gasteiger partial charge in [-0.25, -0.2) is 8.78 Å². The molecule has 1 amide bonds. The summed E-state index contributed by atoms with van der Waals surface area (Å²) in [5.74, 6) is -1.62. The van der Waals surface area contributed by atoms with Crippen LogP contribution < -0.4 is 5.32 Å². The van der Waals surface area contributed by atoms with Crippen LogP contribution in [0, 0.1) is 11.6 Å². The first-order chi connectivity index (χ1) is 17.5. The first-order valence-corrected chi connectivity index (χ1v) is 12.6. The van der Waals surface area contributed by atoms with Gasteiger partial charge in [0.2, 0.25) is 11.2 Å². The number of benzene rings is 2. The van der Waals surface area contributed by atoms with Crippen LogP contribution >= 0.6 is 34.8 Å². The summed E-state index contributed by atoms with van der Waals surface area (Å²) >= 11 is 17.3. The smallest absolute Gasteiger partial charge is 0.268 e. The van der Waals surface area contributed by atoms with E-state index in [1.54, 1.807) is 25.1 Å². The highest BCUT2D eigenvalue weighted by Gasteiger charge is 2.43. The minimum atomic E-state index is -1.26. The molecule has 0 spiro atoms. The molecule has 2 aliphatic rings. The highest BCUT2D eigenvalue weighted by Crippen LogP contribution is 2.30. The molecule has 0 saturated carbocycles. The second-order valence-electron chi connectivity index (χ2n) is 10.4. The van der Waals surface area contributed by atoms with Gasteiger partial charge in [0.05, 0.1) is 11.4 Å². The number of carbonyl (C=O) groups is 2. The summed E-state index contributed by atoms with van der Waals surface area (Å²) in [6, 6.07) is 8.15. The molecule has 0 saturated heterocycles. The number of nitrogens with one attached hydrogen (secondary N) is 1. The van der Waals surface area contributed by atoms with Gasteiger partial charge in [-0.15, -0.1) is 0 Å². The van der Waals surface area contributed by atoms with Crippen molar-refractivity contribution in [3.63, 3.8) is 0 Å². The molecule has 38 heavy (non-hydrogen) atoms. The normalized spacial score (nSPS) is 22.4. The summed E-state index contributed by atoms with van der Waals surface area (Å²) in [5.41, 5.74) is -0.655. The maximum absolute atomic E-state index is 13.0. The molecule has 0 fully saturated rings. The Kier molecular flexibility index (Phi) is 8.75. The third-order valence-electron chi connectivity index (χ3n) is 5.50. The molecular formula is C26H26Cl3F2N3O4. The van der Waals surface area contributed by atoms with Gasteiger partial charge in [0.1, 0.15) is 11.6 Å². The maximum atomic E-state index is 13.0. The zero-order chi connectivity index (χ0) is 28.5. The van der Waals surface area contributed by atoms with Crippen molar-refractivity contribution in [2.24, 2.45) is 10.3 Å². The zero-order valence-corrected chi connectivity index (χ0v) is 23.6. The molecule has 1 N–H and O–H groups in total. The lowest BCUT2D eigenvalue weighted by molar-refractivity contribution is -0.143. The Morgan fingerprint density at radius 1 is 0.842 bits per heavy atom. The Hall–Kier alpha value is -2.75. The molecular weight excluding hydrogens is 563 g/mol. The number of carbonyl (C=O) groups excluding carboxylic acids is 2. The molecule has 4 rings (SSSR count). The quantitative estimate of drug-likeness (QED) is 0.418. The lowest BCUT2D eigenvalue weighted by Crippen LogP contribution is -2.51. The number of amides is 1. The van der Waals surface area contributed by atoms with E-state index in [1.165, 1.54) is 6.92 Å². The van der Waals surface area contributed by atoms with E-state index in [0.717, 1.165) is 23.8 Å². The topological polar surface area (TPSA) is 89.3 Å². The van der Waals surface area contributed by atoms with Crippen molar-refractivity contribution in [1.82, 2.24) is 5.32 Å². The van der Waals surface area contributed by atoms with Crippen molar-refractivity contribution in [3.05, 3.63) is 69.2 Å². The monoisotopic (exact) mass is 587 g/mol. The summed E-state index contributed by atoms with van der Waals surface area (Å²) in [6.45, 7) is 8.94. The maximum Gasteiger partial charge on any atom is 0.268 e. The second-order valence-corrected chi connectivity index (χ2v) is 11.6. The molecule has 2 aliphatic heterocycles. The van der Waals surface area contributed by atoms with Crippen LogP contribution in [0.5, 0.6) is 0 Å². The third kappa shape index (κ3) is 7.42. The average molecular weight is 589 g/mol. The number of rotatable bonds is 4. The average Bonchev–Trinajstić information content (AvgIpc) is 3.37. The van der Waals surface area contributed by atoms with Crippen molar-refractivity contribution < 1.29 is 28.0 Å². The van der Waals surface area contributed by atoms with Crippen LogP contribution in [-0.2, 0) is 19.3 Å². The highest BCUT2D eigenvalue weighted by atomic mass is 35.5. The first-order valence-electron chi connectivity index (χ1n) is 11.5. The fraction of sp³-hybridized carbons (Fsp3) is 0.385. The Labute approximate surface area is 234 Å². The van der Waals surface area contributed by atoms with Gasteiger partial charge in [-0.2, -0.15) is 0 Å². The standard InChI is InChI=1S/C15H18Cl2N2O2.C11H8ClF2NO2/c1-14(2,3)18-13(20)15(4)8-12(19-21-15)9-5-10(16)7-11(17)6-9;1-11(10(12)16)5-9(15-17-11)6-2-7(13)4-8(14)3-6/h5-7H,8H2,1-4H3,(H,18,20);2-4H,5H2,1H3. The van der Waals surface area contributed by atoms with E-state index in [2.05, 4.69) is 15.6 Å². The molecule has 0 radical (unpaired) electrons. The molecule has 2 atom stereocenters. The van der Waals surface area contributed by atoms with Gasteiger partial charge in [0, 0.05) is 45.6 Å².